The van der Waals surface area contributed by atoms with E-state index in [1.165, 1.54) is 11.3 Å². The Kier molecular flexibility index (Phi) is 6.53. The molecule has 16 heavy (non-hydrogen) atoms. The number of benzene rings is 1. The van der Waals surface area contributed by atoms with Crippen LogP contribution in [-0.4, -0.2) is 44.2 Å². The molecule has 0 fully saturated rings. The number of likely N-dealkylation sites (N-methyl/N-ethyl adjacent to an activating group) is 1. The lowest BCUT2D eigenvalue weighted by Crippen LogP contribution is -2.27. The van der Waals surface area contributed by atoms with Gasteiger partial charge in [-0.1, -0.05) is 30.3 Å². The molecule has 0 heterocycles. The van der Waals surface area contributed by atoms with Crippen molar-refractivity contribution in [3.63, 3.8) is 0 Å². The van der Waals surface area contributed by atoms with Crippen LogP contribution in [0.2, 0.25) is 0 Å². The molecule has 2 nitrogen and oxygen atoms in total. The van der Waals surface area contributed by atoms with Gasteiger partial charge in [0.05, 0.1) is 6.10 Å². The Morgan fingerprint density at radius 1 is 1.31 bits per heavy atom. The van der Waals surface area contributed by atoms with Crippen LogP contribution in [0, 0.1) is 0 Å². The molecule has 0 amide bonds. The zero-order valence-corrected chi connectivity index (χ0v) is 11.2. The van der Waals surface area contributed by atoms with Gasteiger partial charge in [-0.3, -0.25) is 0 Å². The Balaban J connectivity index is 2.49. The van der Waals surface area contributed by atoms with E-state index >= 15 is 0 Å². The fraction of sp³-hybridized carbons (Fsp3) is 0.538. The number of hydrogen-bond donors (Lipinski definition) is 0. The molecule has 3 heteroatoms. The number of rotatable bonds is 7. The van der Waals surface area contributed by atoms with Gasteiger partial charge in [0.2, 0.25) is 0 Å². The van der Waals surface area contributed by atoms with Gasteiger partial charge in [-0.2, -0.15) is 11.8 Å². The van der Waals surface area contributed by atoms with Crippen molar-refractivity contribution in [3.05, 3.63) is 35.9 Å². The first-order valence-electron chi connectivity index (χ1n) is 5.53. The van der Waals surface area contributed by atoms with Crippen LogP contribution < -0.4 is 0 Å². The second kappa shape index (κ2) is 7.71. The fourth-order valence-electron chi connectivity index (χ4n) is 1.61. The van der Waals surface area contributed by atoms with Gasteiger partial charge < -0.3 is 9.64 Å². The summed E-state index contributed by atoms with van der Waals surface area (Å²) < 4.78 is 5.54. The van der Waals surface area contributed by atoms with E-state index in [1.54, 1.807) is 7.11 Å². The predicted octanol–water partition coefficient (Wildman–Crippen LogP) is 2.67. The van der Waals surface area contributed by atoms with E-state index in [4.69, 9.17) is 4.74 Å². The highest BCUT2D eigenvalue weighted by molar-refractivity contribution is 7.98. The molecule has 0 saturated heterocycles. The first kappa shape index (κ1) is 13.6. The molecule has 0 N–H and O–H groups in total. The van der Waals surface area contributed by atoms with Gasteiger partial charge >= 0.3 is 0 Å². The molecule has 0 aliphatic carbocycles. The summed E-state index contributed by atoms with van der Waals surface area (Å²) in [6.07, 6.45) is 2.31. The average Bonchev–Trinajstić information content (AvgIpc) is 2.34. The highest BCUT2D eigenvalue weighted by atomic mass is 32.2. The van der Waals surface area contributed by atoms with Gasteiger partial charge in [0, 0.05) is 26.0 Å². The van der Waals surface area contributed by atoms with Gasteiger partial charge in [0.15, 0.2) is 0 Å². The van der Waals surface area contributed by atoms with E-state index in [-0.39, 0.29) is 6.10 Å². The monoisotopic (exact) mass is 239 g/mol. The highest BCUT2D eigenvalue weighted by Crippen LogP contribution is 2.17. The molecule has 0 radical (unpaired) electrons. The summed E-state index contributed by atoms with van der Waals surface area (Å²) in [5, 5.41) is 0. The maximum absolute atomic E-state index is 5.54. The van der Waals surface area contributed by atoms with Crippen molar-refractivity contribution in [2.75, 3.05) is 39.3 Å². The number of ether oxygens (including phenoxy) is 1. The van der Waals surface area contributed by atoms with Crippen LogP contribution in [0.4, 0.5) is 0 Å². The van der Waals surface area contributed by atoms with Crippen molar-refractivity contribution in [2.45, 2.75) is 6.10 Å². The maximum Gasteiger partial charge on any atom is 0.0947 e. The van der Waals surface area contributed by atoms with Gasteiger partial charge in [-0.05, 0) is 18.9 Å². The van der Waals surface area contributed by atoms with E-state index in [9.17, 15) is 0 Å². The standard InChI is InChI=1S/C13H21NOS/c1-14(9-10-16-3)11-13(15-2)12-7-5-4-6-8-12/h4-8,13H,9-11H2,1-3H3. The normalized spacial score (nSPS) is 13.0. The molecular formula is C13H21NOS. The minimum atomic E-state index is 0.174. The first-order chi connectivity index (χ1) is 7.77. The summed E-state index contributed by atoms with van der Waals surface area (Å²) in [5.74, 6) is 1.17. The molecule has 0 bridgehead atoms. The predicted molar refractivity (Wildman–Crippen MR) is 72.1 cm³/mol. The zero-order valence-electron chi connectivity index (χ0n) is 10.3. The van der Waals surface area contributed by atoms with Gasteiger partial charge in [0.1, 0.15) is 0 Å². The van der Waals surface area contributed by atoms with Crippen LogP contribution in [0.3, 0.4) is 0 Å². The maximum atomic E-state index is 5.54. The molecule has 0 aliphatic rings. The lowest BCUT2D eigenvalue weighted by atomic mass is 10.1. The number of nitrogens with zero attached hydrogens (tertiary/aromatic N) is 1. The van der Waals surface area contributed by atoms with E-state index in [2.05, 4.69) is 42.5 Å². The zero-order chi connectivity index (χ0) is 11.8. The number of thioether (sulfide) groups is 1. The quantitative estimate of drug-likeness (QED) is 0.726. The van der Waals surface area contributed by atoms with Crippen molar-refractivity contribution in [3.8, 4) is 0 Å². The Hall–Kier alpha value is -0.510. The summed E-state index contributed by atoms with van der Waals surface area (Å²) >= 11 is 1.88. The van der Waals surface area contributed by atoms with Crippen LogP contribution in [0.5, 0.6) is 0 Å². The molecule has 1 rings (SSSR count). The minimum absolute atomic E-state index is 0.174. The second-order valence-electron chi connectivity index (χ2n) is 3.89. The van der Waals surface area contributed by atoms with Crippen molar-refractivity contribution >= 4 is 11.8 Å². The van der Waals surface area contributed by atoms with Crippen LogP contribution in [-0.2, 0) is 4.74 Å². The molecule has 0 aliphatic heterocycles. The van der Waals surface area contributed by atoms with Crippen molar-refractivity contribution < 1.29 is 4.74 Å². The lowest BCUT2D eigenvalue weighted by Gasteiger charge is -2.23. The highest BCUT2D eigenvalue weighted by Gasteiger charge is 2.12. The number of hydrogen-bond acceptors (Lipinski definition) is 3. The van der Waals surface area contributed by atoms with E-state index in [1.807, 2.05) is 17.8 Å². The van der Waals surface area contributed by atoms with Crippen molar-refractivity contribution in [2.24, 2.45) is 0 Å². The van der Waals surface area contributed by atoms with Crippen LogP contribution in [0.15, 0.2) is 30.3 Å². The van der Waals surface area contributed by atoms with Crippen LogP contribution in [0.1, 0.15) is 11.7 Å². The van der Waals surface area contributed by atoms with E-state index in [0.717, 1.165) is 13.1 Å². The Labute approximate surface area is 103 Å². The summed E-state index contributed by atoms with van der Waals surface area (Å²) in [5.41, 5.74) is 1.25. The molecule has 0 aromatic heterocycles. The lowest BCUT2D eigenvalue weighted by molar-refractivity contribution is 0.0734. The molecule has 1 aromatic carbocycles. The summed E-state index contributed by atoms with van der Waals surface area (Å²) in [7, 11) is 3.92. The molecule has 1 atom stereocenters. The average molecular weight is 239 g/mol. The minimum Gasteiger partial charge on any atom is -0.375 e. The topological polar surface area (TPSA) is 12.5 Å². The smallest absolute Gasteiger partial charge is 0.0947 e. The Bertz CT molecular complexity index is 279. The van der Waals surface area contributed by atoms with Gasteiger partial charge in [0.25, 0.3) is 0 Å². The largest absolute Gasteiger partial charge is 0.375 e. The Morgan fingerprint density at radius 2 is 2.00 bits per heavy atom. The number of methoxy groups -OCH3 is 1. The van der Waals surface area contributed by atoms with Crippen molar-refractivity contribution in [1.29, 1.82) is 0 Å². The SMILES string of the molecule is COC(CN(C)CCSC)c1ccccc1. The molecule has 0 spiro atoms. The third-order valence-electron chi connectivity index (χ3n) is 2.61. The fourth-order valence-corrected chi connectivity index (χ4v) is 2.10. The summed E-state index contributed by atoms with van der Waals surface area (Å²) in [4.78, 5) is 2.32. The molecule has 0 saturated carbocycles. The molecular weight excluding hydrogens is 218 g/mol. The van der Waals surface area contributed by atoms with Gasteiger partial charge in [-0.15, -0.1) is 0 Å². The van der Waals surface area contributed by atoms with Crippen LogP contribution in [0.25, 0.3) is 0 Å². The molecule has 1 aromatic rings. The summed E-state index contributed by atoms with van der Waals surface area (Å²) in [6, 6.07) is 10.4. The Morgan fingerprint density at radius 3 is 2.56 bits per heavy atom. The molecule has 90 valence electrons. The second-order valence-corrected chi connectivity index (χ2v) is 4.88. The van der Waals surface area contributed by atoms with Crippen molar-refractivity contribution in [1.82, 2.24) is 4.90 Å². The van der Waals surface area contributed by atoms with E-state index < -0.39 is 0 Å². The summed E-state index contributed by atoms with van der Waals surface area (Å²) in [6.45, 7) is 2.05. The third-order valence-corrected chi connectivity index (χ3v) is 3.20. The van der Waals surface area contributed by atoms with Crippen LogP contribution >= 0.6 is 11.8 Å². The van der Waals surface area contributed by atoms with Gasteiger partial charge in [-0.25, -0.2) is 0 Å². The molecule has 1 unspecified atom stereocenters. The van der Waals surface area contributed by atoms with E-state index in [0.29, 0.717) is 0 Å². The first-order valence-corrected chi connectivity index (χ1v) is 6.92. The third kappa shape index (κ3) is 4.56.